The number of rotatable bonds is 6. The number of para-hydroxylation sites is 1. The van der Waals surface area contributed by atoms with Crippen LogP contribution in [0.3, 0.4) is 0 Å². The van der Waals surface area contributed by atoms with Crippen molar-refractivity contribution in [3.63, 3.8) is 0 Å². The number of alkyl halides is 3. The van der Waals surface area contributed by atoms with Gasteiger partial charge in [-0.1, -0.05) is 30.3 Å². The van der Waals surface area contributed by atoms with E-state index in [0.29, 0.717) is 23.8 Å². The lowest BCUT2D eigenvalue weighted by Crippen LogP contribution is -2.36. The maximum Gasteiger partial charge on any atom is 0.573 e. The predicted molar refractivity (Wildman–Crippen MR) is 118 cm³/mol. The number of methoxy groups -OCH3 is 1. The molecule has 1 amide bonds. The first-order chi connectivity index (χ1) is 13.8. The van der Waals surface area contributed by atoms with Crippen LogP contribution < -0.4 is 20.7 Å². The highest BCUT2D eigenvalue weighted by molar-refractivity contribution is 14.0. The van der Waals surface area contributed by atoms with E-state index >= 15 is 0 Å². The largest absolute Gasteiger partial charge is 0.573 e. The molecule has 0 fully saturated rings. The van der Waals surface area contributed by atoms with Crippen molar-refractivity contribution in [3.05, 3.63) is 59.7 Å². The second-order valence-electron chi connectivity index (χ2n) is 5.75. The van der Waals surface area contributed by atoms with Gasteiger partial charge in [-0.25, -0.2) is 4.79 Å². The van der Waals surface area contributed by atoms with Crippen LogP contribution in [0.15, 0.2) is 53.5 Å². The summed E-state index contributed by atoms with van der Waals surface area (Å²) in [4.78, 5) is 15.2. The summed E-state index contributed by atoms with van der Waals surface area (Å²) in [6, 6.07) is 12.9. The predicted octanol–water partition coefficient (Wildman–Crippen LogP) is 4.25. The molecule has 0 radical (unpaired) electrons. The van der Waals surface area contributed by atoms with Gasteiger partial charge in [-0.2, -0.15) is 0 Å². The Bertz CT molecular complexity index is 846. The van der Waals surface area contributed by atoms with Gasteiger partial charge in [0.25, 0.3) is 0 Å². The summed E-state index contributed by atoms with van der Waals surface area (Å²) in [5, 5.41) is 8.55. The van der Waals surface area contributed by atoms with E-state index in [4.69, 9.17) is 0 Å². The van der Waals surface area contributed by atoms with Gasteiger partial charge in [0.05, 0.1) is 7.11 Å². The second-order valence-corrected chi connectivity index (χ2v) is 5.75. The molecular formula is C19H22F3IN4O3. The monoisotopic (exact) mass is 538 g/mol. The molecule has 0 aliphatic heterocycles. The zero-order valence-corrected chi connectivity index (χ0v) is 18.6. The molecule has 2 aromatic rings. The average molecular weight is 538 g/mol. The first-order valence-corrected chi connectivity index (χ1v) is 8.53. The van der Waals surface area contributed by atoms with Crippen LogP contribution >= 0.6 is 24.0 Å². The molecule has 0 aromatic heterocycles. The topological polar surface area (TPSA) is 84.0 Å². The molecule has 0 atom stereocenters. The van der Waals surface area contributed by atoms with Crippen LogP contribution in [-0.2, 0) is 17.8 Å². The molecule has 0 saturated carbocycles. The first-order valence-electron chi connectivity index (χ1n) is 8.53. The average Bonchev–Trinajstić information content (AvgIpc) is 2.69. The molecule has 7 nitrogen and oxygen atoms in total. The molecule has 3 N–H and O–H groups in total. The number of nitrogens with one attached hydrogen (secondary N) is 3. The lowest BCUT2D eigenvalue weighted by atomic mass is 10.2. The molecule has 0 bridgehead atoms. The standard InChI is InChI=1S/C19H21F3N4O3.HI/c1-23-17(24-11-13-7-9-15(10-8-13)26-18(27)28-2)25-12-14-5-3-4-6-16(14)29-19(20,21)22;/h3-10H,11-12H2,1-2H3,(H,26,27)(H2,23,24,25);1H. The number of benzene rings is 2. The molecule has 0 aliphatic carbocycles. The van der Waals surface area contributed by atoms with Crippen molar-refractivity contribution >= 4 is 41.7 Å². The maximum atomic E-state index is 12.5. The minimum atomic E-state index is -4.76. The Balaban J connectivity index is 0.00000450. The van der Waals surface area contributed by atoms with Gasteiger partial charge in [0, 0.05) is 31.4 Å². The fourth-order valence-corrected chi connectivity index (χ4v) is 2.33. The summed E-state index contributed by atoms with van der Waals surface area (Å²) < 4.78 is 46.1. The molecule has 30 heavy (non-hydrogen) atoms. The Kier molecular flexibility index (Phi) is 10.2. The number of hydrogen-bond donors (Lipinski definition) is 3. The van der Waals surface area contributed by atoms with Gasteiger partial charge in [0.15, 0.2) is 5.96 Å². The fraction of sp³-hybridized carbons (Fsp3) is 0.263. The molecule has 0 spiro atoms. The first kappa shape index (κ1) is 25.3. The van der Waals surface area contributed by atoms with E-state index in [9.17, 15) is 18.0 Å². The van der Waals surface area contributed by atoms with E-state index in [2.05, 4.69) is 30.4 Å². The lowest BCUT2D eigenvalue weighted by Gasteiger charge is -2.15. The smallest absolute Gasteiger partial charge is 0.453 e. The summed E-state index contributed by atoms with van der Waals surface area (Å²) in [6.45, 7) is 0.507. The van der Waals surface area contributed by atoms with E-state index in [-0.39, 0.29) is 36.3 Å². The van der Waals surface area contributed by atoms with E-state index < -0.39 is 12.5 Å². The minimum absolute atomic E-state index is 0. The molecule has 0 saturated heterocycles. The second kappa shape index (κ2) is 12.1. The number of carbonyl (C=O) groups excluding carboxylic acids is 1. The third kappa shape index (κ3) is 8.76. The van der Waals surface area contributed by atoms with Gasteiger partial charge in [-0.05, 0) is 23.8 Å². The van der Waals surface area contributed by atoms with Crippen molar-refractivity contribution < 1.29 is 27.4 Å². The van der Waals surface area contributed by atoms with E-state index in [1.165, 1.54) is 25.3 Å². The van der Waals surface area contributed by atoms with E-state index in [1.54, 1.807) is 37.4 Å². The van der Waals surface area contributed by atoms with Crippen molar-refractivity contribution in [1.82, 2.24) is 10.6 Å². The van der Waals surface area contributed by atoms with Gasteiger partial charge in [-0.3, -0.25) is 10.3 Å². The number of carbonyl (C=O) groups is 1. The van der Waals surface area contributed by atoms with Gasteiger partial charge in [0.1, 0.15) is 5.75 Å². The molecule has 11 heteroatoms. The van der Waals surface area contributed by atoms with Gasteiger partial charge in [-0.15, -0.1) is 37.1 Å². The van der Waals surface area contributed by atoms with E-state index in [1.807, 2.05) is 0 Å². The van der Waals surface area contributed by atoms with Crippen LogP contribution in [0, 0.1) is 0 Å². The highest BCUT2D eigenvalue weighted by Crippen LogP contribution is 2.26. The number of guanidine groups is 1. The molecule has 2 aromatic carbocycles. The summed E-state index contributed by atoms with van der Waals surface area (Å²) in [5.41, 5.74) is 1.83. The van der Waals surface area contributed by atoms with Crippen molar-refractivity contribution in [1.29, 1.82) is 0 Å². The van der Waals surface area contributed by atoms with Gasteiger partial charge < -0.3 is 20.1 Å². The Morgan fingerprint density at radius 2 is 1.67 bits per heavy atom. The SMILES string of the molecule is CN=C(NCc1ccc(NC(=O)OC)cc1)NCc1ccccc1OC(F)(F)F.I. The van der Waals surface area contributed by atoms with Crippen molar-refractivity contribution in [2.75, 3.05) is 19.5 Å². The summed E-state index contributed by atoms with van der Waals surface area (Å²) in [5.74, 6) is 0.139. The summed E-state index contributed by atoms with van der Waals surface area (Å²) >= 11 is 0. The van der Waals surface area contributed by atoms with E-state index in [0.717, 1.165) is 5.56 Å². The van der Waals surface area contributed by atoms with Gasteiger partial charge in [0.2, 0.25) is 0 Å². The highest BCUT2D eigenvalue weighted by atomic mass is 127. The molecule has 164 valence electrons. The maximum absolute atomic E-state index is 12.5. The lowest BCUT2D eigenvalue weighted by molar-refractivity contribution is -0.274. The fourth-order valence-electron chi connectivity index (χ4n) is 2.33. The zero-order valence-electron chi connectivity index (χ0n) is 16.2. The molecular weight excluding hydrogens is 516 g/mol. The number of ether oxygens (including phenoxy) is 2. The molecule has 0 aliphatic rings. The third-order valence-corrected chi connectivity index (χ3v) is 3.71. The number of anilines is 1. The molecule has 2 rings (SSSR count). The van der Waals surface area contributed by atoms with Gasteiger partial charge >= 0.3 is 12.5 Å². The van der Waals surface area contributed by atoms with Crippen LogP contribution in [0.4, 0.5) is 23.7 Å². The van der Waals surface area contributed by atoms with Crippen LogP contribution in [0.1, 0.15) is 11.1 Å². The Hall–Kier alpha value is -2.70. The number of halogens is 4. The number of aliphatic imine (C=N–C) groups is 1. The zero-order chi connectivity index (χ0) is 21.3. The van der Waals surface area contributed by atoms with Crippen molar-refractivity contribution in [2.24, 2.45) is 4.99 Å². The normalized spacial score (nSPS) is 11.2. The summed E-state index contributed by atoms with van der Waals surface area (Å²) in [6.07, 6.45) is -5.32. The number of hydrogen-bond acceptors (Lipinski definition) is 4. The van der Waals surface area contributed by atoms with Crippen LogP contribution in [0.2, 0.25) is 0 Å². The minimum Gasteiger partial charge on any atom is -0.453 e. The van der Waals surface area contributed by atoms with Crippen LogP contribution in [-0.4, -0.2) is 32.6 Å². The van der Waals surface area contributed by atoms with Crippen LogP contribution in [0.25, 0.3) is 0 Å². The quantitative estimate of drug-likeness (QED) is 0.291. The van der Waals surface area contributed by atoms with Crippen LogP contribution in [0.5, 0.6) is 5.75 Å². The molecule has 0 unspecified atom stereocenters. The number of nitrogens with zero attached hydrogens (tertiary/aromatic N) is 1. The van der Waals surface area contributed by atoms with Crippen molar-refractivity contribution in [2.45, 2.75) is 19.5 Å². The summed E-state index contributed by atoms with van der Waals surface area (Å²) in [7, 11) is 2.83. The Morgan fingerprint density at radius 3 is 2.27 bits per heavy atom. The highest BCUT2D eigenvalue weighted by Gasteiger charge is 2.31. The Morgan fingerprint density at radius 1 is 1.03 bits per heavy atom. The molecule has 0 heterocycles. The Labute approximate surface area is 189 Å². The number of amides is 1. The van der Waals surface area contributed by atoms with Crippen molar-refractivity contribution in [3.8, 4) is 5.75 Å². The third-order valence-electron chi connectivity index (χ3n) is 3.71.